The number of imidazole rings is 1. The van der Waals surface area contributed by atoms with Crippen molar-refractivity contribution in [1.82, 2.24) is 29.4 Å². The molecular weight excluding hydrogens is 420 g/mol. The zero-order valence-corrected chi connectivity index (χ0v) is 18.3. The van der Waals surface area contributed by atoms with Crippen molar-refractivity contribution in [3.63, 3.8) is 0 Å². The molecule has 0 aliphatic carbocycles. The second-order valence-corrected chi connectivity index (χ2v) is 9.55. The highest BCUT2D eigenvalue weighted by molar-refractivity contribution is 7.89. The van der Waals surface area contributed by atoms with Gasteiger partial charge in [0, 0.05) is 51.3 Å². The van der Waals surface area contributed by atoms with E-state index in [9.17, 15) is 13.2 Å². The van der Waals surface area contributed by atoms with Gasteiger partial charge in [0.15, 0.2) is 5.03 Å². The fourth-order valence-corrected chi connectivity index (χ4v) is 5.22. The number of benzene rings is 1. The van der Waals surface area contributed by atoms with Crippen LogP contribution in [0.1, 0.15) is 33.9 Å². The first-order chi connectivity index (χ1) is 14.8. The van der Waals surface area contributed by atoms with E-state index >= 15 is 0 Å². The molecule has 0 bridgehead atoms. The van der Waals surface area contributed by atoms with E-state index in [1.165, 1.54) is 10.5 Å². The minimum absolute atomic E-state index is 0.00179. The van der Waals surface area contributed by atoms with Crippen LogP contribution in [0.25, 0.3) is 0 Å². The molecule has 1 N–H and O–H groups in total. The Balaban J connectivity index is 1.56. The summed E-state index contributed by atoms with van der Waals surface area (Å²) < 4.78 is 35.0. The number of amides is 1. The summed E-state index contributed by atoms with van der Waals surface area (Å²) in [5, 5.41) is 10.9. The third-order valence-electron chi connectivity index (χ3n) is 5.52. The van der Waals surface area contributed by atoms with Crippen LogP contribution in [-0.4, -0.2) is 58.0 Å². The number of aromatic nitrogens is 4. The number of nitrogens with one attached hydrogen (secondary N) is 1. The van der Waals surface area contributed by atoms with Crippen molar-refractivity contribution in [3.05, 3.63) is 59.7 Å². The predicted octanol–water partition coefficient (Wildman–Crippen LogP) is 1.25. The molecule has 1 aromatic carbocycles. The Morgan fingerprint density at radius 2 is 1.94 bits per heavy atom. The summed E-state index contributed by atoms with van der Waals surface area (Å²) in [4.78, 5) is 16.7. The lowest BCUT2D eigenvalue weighted by Crippen LogP contribution is -2.33. The minimum atomic E-state index is -3.80. The molecule has 1 aliphatic rings. The topological polar surface area (TPSA) is 123 Å². The molecule has 0 unspecified atom stereocenters. The van der Waals surface area contributed by atoms with E-state index in [4.69, 9.17) is 4.42 Å². The van der Waals surface area contributed by atoms with Crippen LogP contribution in [0.2, 0.25) is 0 Å². The Morgan fingerprint density at radius 3 is 2.55 bits per heavy atom. The molecule has 0 radical (unpaired) electrons. The zero-order chi connectivity index (χ0) is 22.2. The van der Waals surface area contributed by atoms with E-state index in [2.05, 4.69) is 20.5 Å². The highest BCUT2D eigenvalue weighted by Gasteiger charge is 2.43. The highest BCUT2D eigenvalue weighted by atomic mass is 32.2. The Hall–Kier alpha value is -3.05. The molecule has 164 valence electrons. The lowest BCUT2D eigenvalue weighted by atomic mass is 9.96. The van der Waals surface area contributed by atoms with Crippen LogP contribution >= 0.6 is 0 Å². The molecule has 3 heterocycles. The third-order valence-corrected chi connectivity index (χ3v) is 7.22. The number of hydrogen-bond acceptors (Lipinski definition) is 7. The Morgan fingerprint density at radius 1 is 1.19 bits per heavy atom. The van der Waals surface area contributed by atoms with Crippen molar-refractivity contribution in [2.75, 3.05) is 19.6 Å². The van der Waals surface area contributed by atoms with Gasteiger partial charge in [0.25, 0.3) is 15.9 Å². The van der Waals surface area contributed by atoms with E-state index in [-0.39, 0.29) is 42.4 Å². The maximum absolute atomic E-state index is 13.2. The van der Waals surface area contributed by atoms with Crippen molar-refractivity contribution < 1.29 is 17.6 Å². The fraction of sp³-hybridized carbons (Fsp3) is 0.400. The molecule has 2 aromatic heterocycles. The van der Waals surface area contributed by atoms with E-state index in [1.54, 1.807) is 49.7 Å². The van der Waals surface area contributed by atoms with Gasteiger partial charge in [-0.1, -0.05) is 18.2 Å². The van der Waals surface area contributed by atoms with Gasteiger partial charge in [-0.05, 0) is 19.1 Å². The van der Waals surface area contributed by atoms with Crippen LogP contribution in [0.5, 0.6) is 0 Å². The Kier molecular flexibility index (Phi) is 5.63. The standard InChI is InChI=1S/C20H24N6O4S/c1-13-22-18(12-25(13)3)31(28,29)26-10-16(17(11-26)20-24-23-14(2)30-20)9-21-19(27)15-7-5-4-6-8-15/h4-8,12,16-17H,9-11H2,1-3H3,(H,21,27)/t16-,17-/m0/s1. The van der Waals surface area contributed by atoms with Crippen LogP contribution in [0.4, 0.5) is 0 Å². The van der Waals surface area contributed by atoms with E-state index in [0.29, 0.717) is 23.2 Å². The summed E-state index contributed by atoms with van der Waals surface area (Å²) in [5.74, 6) is 0.593. The molecule has 1 amide bonds. The Labute approximate surface area is 180 Å². The number of carbonyl (C=O) groups is 1. The average molecular weight is 445 g/mol. The minimum Gasteiger partial charge on any atom is -0.425 e. The van der Waals surface area contributed by atoms with Crippen LogP contribution in [0.3, 0.4) is 0 Å². The first kappa shape index (κ1) is 21.2. The van der Waals surface area contributed by atoms with E-state index < -0.39 is 10.0 Å². The average Bonchev–Trinajstić information content (AvgIpc) is 3.46. The van der Waals surface area contributed by atoms with Crippen LogP contribution in [-0.2, 0) is 17.1 Å². The maximum atomic E-state index is 13.2. The fourth-order valence-electron chi connectivity index (χ4n) is 3.67. The van der Waals surface area contributed by atoms with Gasteiger partial charge >= 0.3 is 0 Å². The van der Waals surface area contributed by atoms with Gasteiger partial charge in [-0.2, -0.15) is 4.31 Å². The summed E-state index contributed by atoms with van der Waals surface area (Å²) in [6, 6.07) is 8.87. The van der Waals surface area contributed by atoms with Crippen molar-refractivity contribution in [2.45, 2.75) is 24.8 Å². The van der Waals surface area contributed by atoms with Crippen molar-refractivity contribution in [3.8, 4) is 0 Å². The predicted molar refractivity (Wildman–Crippen MR) is 111 cm³/mol. The lowest BCUT2D eigenvalue weighted by Gasteiger charge is -2.16. The smallest absolute Gasteiger partial charge is 0.262 e. The maximum Gasteiger partial charge on any atom is 0.262 e. The summed E-state index contributed by atoms with van der Waals surface area (Å²) in [6.45, 7) is 4.08. The first-order valence-electron chi connectivity index (χ1n) is 9.89. The third kappa shape index (κ3) is 4.23. The lowest BCUT2D eigenvalue weighted by molar-refractivity contribution is 0.0946. The quantitative estimate of drug-likeness (QED) is 0.607. The van der Waals surface area contributed by atoms with Crippen molar-refractivity contribution in [2.24, 2.45) is 13.0 Å². The van der Waals surface area contributed by atoms with E-state index in [0.717, 1.165) is 0 Å². The van der Waals surface area contributed by atoms with Gasteiger partial charge in [0.1, 0.15) is 5.82 Å². The van der Waals surface area contributed by atoms with Crippen LogP contribution in [0, 0.1) is 19.8 Å². The van der Waals surface area contributed by atoms with Crippen LogP contribution < -0.4 is 5.32 Å². The molecule has 11 heteroatoms. The van der Waals surface area contributed by atoms with Gasteiger partial charge in [-0.15, -0.1) is 10.2 Å². The SMILES string of the molecule is Cc1nnc([C@H]2CN(S(=O)(=O)c3cn(C)c(C)n3)C[C@@H]2CNC(=O)c2ccccc2)o1. The molecule has 4 rings (SSSR count). The monoisotopic (exact) mass is 444 g/mol. The summed E-state index contributed by atoms with van der Waals surface area (Å²) in [7, 11) is -2.05. The van der Waals surface area contributed by atoms with Crippen LogP contribution in [0.15, 0.2) is 46.0 Å². The molecule has 31 heavy (non-hydrogen) atoms. The number of aryl methyl sites for hydroxylation is 3. The number of carbonyl (C=O) groups excluding carboxylic acids is 1. The second kappa shape index (κ2) is 8.23. The number of hydrogen-bond donors (Lipinski definition) is 1. The number of rotatable bonds is 6. The first-order valence-corrected chi connectivity index (χ1v) is 11.3. The molecule has 1 fully saturated rings. The largest absolute Gasteiger partial charge is 0.425 e. The summed E-state index contributed by atoms with van der Waals surface area (Å²) in [5.41, 5.74) is 0.541. The number of nitrogens with zero attached hydrogens (tertiary/aromatic N) is 5. The van der Waals surface area contributed by atoms with Gasteiger partial charge in [-0.3, -0.25) is 4.79 Å². The second-order valence-electron chi connectivity index (χ2n) is 7.66. The normalized spacial score (nSPS) is 19.6. The van der Waals surface area contributed by atoms with Gasteiger partial charge in [0.05, 0.1) is 5.92 Å². The van der Waals surface area contributed by atoms with Crippen molar-refractivity contribution in [1.29, 1.82) is 0 Å². The van der Waals surface area contributed by atoms with Gasteiger partial charge < -0.3 is 14.3 Å². The van der Waals surface area contributed by atoms with E-state index in [1.807, 2.05) is 6.07 Å². The molecule has 10 nitrogen and oxygen atoms in total. The molecule has 0 saturated carbocycles. The number of sulfonamides is 1. The van der Waals surface area contributed by atoms with Gasteiger partial charge in [0.2, 0.25) is 11.8 Å². The Bertz CT molecular complexity index is 1170. The van der Waals surface area contributed by atoms with Gasteiger partial charge in [-0.25, -0.2) is 13.4 Å². The molecule has 0 spiro atoms. The molecule has 2 atom stereocenters. The highest BCUT2D eigenvalue weighted by Crippen LogP contribution is 2.34. The summed E-state index contributed by atoms with van der Waals surface area (Å²) >= 11 is 0. The molecular formula is C20H24N6O4S. The molecule has 3 aromatic rings. The zero-order valence-electron chi connectivity index (χ0n) is 17.5. The van der Waals surface area contributed by atoms with Crippen molar-refractivity contribution >= 4 is 15.9 Å². The summed E-state index contributed by atoms with van der Waals surface area (Å²) in [6.07, 6.45) is 1.50. The molecule has 1 aliphatic heterocycles. The molecule has 1 saturated heterocycles.